The minimum Gasteiger partial charge on any atom is -0.495 e. The molecule has 5 rings (SSSR count). The van der Waals surface area contributed by atoms with E-state index in [0.29, 0.717) is 11.8 Å². The smallest absolute Gasteiger partial charge is 0.142 e. The molecule has 33 heavy (non-hydrogen) atoms. The Hall–Kier alpha value is -2.57. The van der Waals surface area contributed by atoms with E-state index in [-0.39, 0.29) is 5.82 Å². The molecule has 1 unspecified atom stereocenters. The Kier molecular flexibility index (Phi) is 6.83. The molecule has 0 saturated carbocycles. The molecule has 2 aromatic carbocycles. The Bertz CT molecular complexity index is 1050. The molecule has 0 bridgehead atoms. The van der Waals surface area contributed by atoms with Gasteiger partial charge in [0.2, 0.25) is 0 Å². The highest BCUT2D eigenvalue weighted by Crippen LogP contribution is 2.38. The number of fused-ring (bicyclic) bond motifs is 1. The molecular formula is C27H35FN4O. The lowest BCUT2D eigenvalue weighted by molar-refractivity contribution is 0.225. The summed E-state index contributed by atoms with van der Waals surface area (Å²) >= 11 is 0. The van der Waals surface area contributed by atoms with E-state index in [1.165, 1.54) is 24.1 Å². The first-order valence-electron chi connectivity index (χ1n) is 12.3. The molecule has 0 amide bonds. The lowest BCUT2D eigenvalue weighted by atomic mass is 9.78. The van der Waals surface area contributed by atoms with E-state index >= 15 is 0 Å². The Morgan fingerprint density at radius 2 is 1.85 bits per heavy atom. The predicted octanol–water partition coefficient (Wildman–Crippen LogP) is 4.61. The molecule has 1 aromatic heterocycles. The van der Waals surface area contributed by atoms with Gasteiger partial charge in [0.05, 0.1) is 12.8 Å². The Morgan fingerprint density at radius 3 is 2.64 bits per heavy atom. The quantitative estimate of drug-likeness (QED) is 0.552. The van der Waals surface area contributed by atoms with Crippen LogP contribution in [0.4, 0.5) is 10.1 Å². The number of nitrogens with zero attached hydrogens (tertiary/aromatic N) is 2. The third-order valence-corrected chi connectivity index (χ3v) is 7.58. The summed E-state index contributed by atoms with van der Waals surface area (Å²) in [5.74, 6) is 1.89. The molecule has 2 saturated heterocycles. The Balaban J connectivity index is 1.27. The molecule has 2 aliphatic rings. The Labute approximate surface area is 195 Å². The molecule has 0 radical (unpaired) electrons. The van der Waals surface area contributed by atoms with Gasteiger partial charge in [-0.15, -0.1) is 0 Å². The van der Waals surface area contributed by atoms with Gasteiger partial charge in [-0.05, 0) is 86.6 Å². The van der Waals surface area contributed by atoms with Gasteiger partial charge in [-0.1, -0.05) is 12.1 Å². The lowest BCUT2D eigenvalue weighted by Gasteiger charge is -2.38. The lowest BCUT2D eigenvalue weighted by Crippen LogP contribution is -2.47. The van der Waals surface area contributed by atoms with E-state index in [4.69, 9.17) is 4.74 Å². The van der Waals surface area contributed by atoms with Gasteiger partial charge >= 0.3 is 0 Å². The highest BCUT2D eigenvalue weighted by Gasteiger charge is 2.28. The van der Waals surface area contributed by atoms with Crippen molar-refractivity contribution in [1.29, 1.82) is 0 Å². The standard InChI is InChI=1S/C27H35FN4O/c1-33-27-5-3-2-4-26(27)32-16-14-31(15-17-32)13-10-22(20-8-11-29-12-9-20)24-19-30-25-7-6-21(28)18-23(24)25/h2-7,18-20,22,29-30H,8-17H2,1H3. The zero-order valence-corrected chi connectivity index (χ0v) is 19.5. The number of benzene rings is 2. The summed E-state index contributed by atoms with van der Waals surface area (Å²) in [7, 11) is 1.74. The van der Waals surface area contributed by atoms with Crippen molar-refractivity contribution in [2.24, 2.45) is 5.92 Å². The largest absolute Gasteiger partial charge is 0.495 e. The van der Waals surface area contributed by atoms with E-state index in [1.807, 2.05) is 18.2 Å². The highest BCUT2D eigenvalue weighted by molar-refractivity contribution is 5.83. The molecule has 0 spiro atoms. The number of halogens is 1. The number of piperazine rings is 1. The average Bonchev–Trinajstić information content (AvgIpc) is 3.28. The number of H-pyrrole nitrogens is 1. The highest BCUT2D eigenvalue weighted by atomic mass is 19.1. The third kappa shape index (κ3) is 4.87. The molecule has 0 aliphatic carbocycles. The third-order valence-electron chi connectivity index (χ3n) is 7.58. The molecular weight excluding hydrogens is 415 g/mol. The van der Waals surface area contributed by atoms with Crippen LogP contribution in [0.3, 0.4) is 0 Å². The van der Waals surface area contributed by atoms with E-state index in [2.05, 4.69) is 38.4 Å². The number of piperidine rings is 1. The van der Waals surface area contributed by atoms with E-state index in [1.54, 1.807) is 19.2 Å². The summed E-state index contributed by atoms with van der Waals surface area (Å²) in [6, 6.07) is 13.4. The van der Waals surface area contributed by atoms with E-state index in [9.17, 15) is 4.39 Å². The van der Waals surface area contributed by atoms with Crippen LogP contribution in [0.15, 0.2) is 48.7 Å². The number of aromatic amines is 1. The summed E-state index contributed by atoms with van der Waals surface area (Å²) in [6.45, 7) is 7.37. The maximum atomic E-state index is 14.1. The molecule has 2 fully saturated rings. The van der Waals surface area contributed by atoms with Gasteiger partial charge in [0.25, 0.3) is 0 Å². The van der Waals surface area contributed by atoms with E-state index in [0.717, 1.165) is 68.9 Å². The average molecular weight is 451 g/mol. The first-order chi connectivity index (χ1) is 16.2. The van der Waals surface area contributed by atoms with Gasteiger partial charge in [0.15, 0.2) is 0 Å². The van der Waals surface area contributed by atoms with Crippen molar-refractivity contribution in [1.82, 2.24) is 15.2 Å². The van der Waals surface area contributed by atoms with Crippen molar-refractivity contribution in [2.45, 2.75) is 25.2 Å². The second-order valence-electron chi connectivity index (χ2n) is 9.42. The fraction of sp³-hybridized carbons (Fsp3) is 0.481. The number of aromatic nitrogens is 1. The first-order valence-corrected chi connectivity index (χ1v) is 12.3. The van der Waals surface area contributed by atoms with Crippen LogP contribution >= 0.6 is 0 Å². The van der Waals surface area contributed by atoms with Crippen LogP contribution in [-0.2, 0) is 0 Å². The molecule has 6 heteroatoms. The van der Waals surface area contributed by atoms with Crippen LogP contribution in [0.5, 0.6) is 5.75 Å². The van der Waals surface area contributed by atoms with E-state index < -0.39 is 0 Å². The molecule has 1 atom stereocenters. The predicted molar refractivity (Wildman–Crippen MR) is 133 cm³/mol. The van der Waals surface area contributed by atoms with Gasteiger partial charge in [-0.2, -0.15) is 0 Å². The summed E-state index contributed by atoms with van der Waals surface area (Å²) in [5.41, 5.74) is 3.52. The molecule has 176 valence electrons. The number of hydrogen-bond donors (Lipinski definition) is 2. The van der Waals surface area contributed by atoms with Gasteiger partial charge < -0.3 is 19.9 Å². The van der Waals surface area contributed by atoms with Crippen molar-refractivity contribution in [3.05, 3.63) is 60.0 Å². The fourth-order valence-corrected chi connectivity index (χ4v) is 5.74. The van der Waals surface area contributed by atoms with Crippen molar-refractivity contribution < 1.29 is 9.13 Å². The van der Waals surface area contributed by atoms with Crippen molar-refractivity contribution in [2.75, 3.05) is 57.8 Å². The van der Waals surface area contributed by atoms with Gasteiger partial charge in [0.1, 0.15) is 11.6 Å². The maximum absolute atomic E-state index is 14.1. The number of para-hydroxylation sites is 2. The maximum Gasteiger partial charge on any atom is 0.142 e. The number of anilines is 1. The topological polar surface area (TPSA) is 43.5 Å². The van der Waals surface area contributed by atoms with Crippen LogP contribution < -0.4 is 15.0 Å². The van der Waals surface area contributed by atoms with Crippen molar-refractivity contribution in [3.8, 4) is 5.75 Å². The van der Waals surface area contributed by atoms with Crippen LogP contribution in [0.25, 0.3) is 10.9 Å². The molecule has 5 nitrogen and oxygen atoms in total. The molecule has 2 N–H and O–H groups in total. The van der Waals surface area contributed by atoms with Crippen LogP contribution in [-0.4, -0.2) is 62.8 Å². The number of ether oxygens (including phenoxy) is 1. The summed E-state index contributed by atoms with van der Waals surface area (Å²) in [5, 5.41) is 4.56. The molecule has 2 aliphatic heterocycles. The minimum atomic E-state index is -0.153. The zero-order valence-electron chi connectivity index (χ0n) is 19.5. The van der Waals surface area contributed by atoms with Crippen LogP contribution in [0.2, 0.25) is 0 Å². The second kappa shape index (κ2) is 10.1. The summed E-state index contributed by atoms with van der Waals surface area (Å²) in [6.07, 6.45) is 5.63. The number of rotatable bonds is 7. The van der Waals surface area contributed by atoms with Crippen LogP contribution in [0.1, 0.15) is 30.7 Å². The minimum absolute atomic E-state index is 0.153. The second-order valence-corrected chi connectivity index (χ2v) is 9.42. The fourth-order valence-electron chi connectivity index (χ4n) is 5.74. The zero-order chi connectivity index (χ0) is 22.6. The number of nitrogens with one attached hydrogen (secondary N) is 2. The molecule has 3 heterocycles. The molecule has 3 aromatic rings. The summed E-state index contributed by atoms with van der Waals surface area (Å²) in [4.78, 5) is 8.42. The van der Waals surface area contributed by atoms with Gasteiger partial charge in [-0.25, -0.2) is 4.39 Å². The monoisotopic (exact) mass is 450 g/mol. The Morgan fingerprint density at radius 1 is 1.06 bits per heavy atom. The van der Waals surface area contributed by atoms with Crippen molar-refractivity contribution in [3.63, 3.8) is 0 Å². The summed E-state index contributed by atoms with van der Waals surface area (Å²) < 4.78 is 19.6. The SMILES string of the molecule is COc1ccccc1N1CCN(CCC(c2c[nH]c3ccc(F)cc23)C2CCNCC2)CC1. The van der Waals surface area contributed by atoms with Crippen molar-refractivity contribution >= 4 is 16.6 Å². The normalized spacial score (nSPS) is 19.2. The number of methoxy groups -OCH3 is 1. The number of hydrogen-bond acceptors (Lipinski definition) is 4. The van der Waals surface area contributed by atoms with Gasteiger partial charge in [0, 0.05) is 43.3 Å². The first kappa shape index (κ1) is 22.2. The van der Waals surface area contributed by atoms with Gasteiger partial charge in [-0.3, -0.25) is 4.90 Å². The van der Waals surface area contributed by atoms with Crippen LogP contribution in [0, 0.1) is 11.7 Å².